The number of nitrogens with two attached hydrogens (primary N) is 1. The summed E-state index contributed by atoms with van der Waals surface area (Å²) in [5.41, 5.74) is 6.56. The molecule has 90 valence electrons. The third-order valence-corrected chi connectivity index (χ3v) is 2.46. The van der Waals surface area contributed by atoms with Gasteiger partial charge in [0.2, 0.25) is 0 Å². The summed E-state index contributed by atoms with van der Waals surface area (Å²) in [6, 6.07) is 0. The Morgan fingerprint density at radius 2 is 1.94 bits per heavy atom. The van der Waals surface area contributed by atoms with Crippen LogP contribution < -0.4 is 5.73 Å². The first-order valence-electron chi connectivity index (χ1n) is 5.39. The SMILES string of the molecule is Cc1c(N)nc(C(C)(C)C)nc1-n1cncn1. The van der Waals surface area contributed by atoms with E-state index in [4.69, 9.17) is 5.73 Å². The predicted molar refractivity (Wildman–Crippen MR) is 64.8 cm³/mol. The zero-order valence-corrected chi connectivity index (χ0v) is 10.5. The fourth-order valence-corrected chi connectivity index (χ4v) is 1.40. The molecule has 0 saturated heterocycles. The molecule has 0 radical (unpaired) electrons. The van der Waals surface area contributed by atoms with Crippen LogP contribution in [0.15, 0.2) is 12.7 Å². The summed E-state index contributed by atoms with van der Waals surface area (Å²) in [4.78, 5) is 12.7. The van der Waals surface area contributed by atoms with Gasteiger partial charge in [-0.25, -0.2) is 19.6 Å². The van der Waals surface area contributed by atoms with Crippen molar-refractivity contribution in [1.82, 2.24) is 24.7 Å². The van der Waals surface area contributed by atoms with Crippen LogP contribution in [0.2, 0.25) is 0 Å². The molecule has 0 amide bonds. The Bertz CT molecular complexity index is 524. The van der Waals surface area contributed by atoms with Crippen molar-refractivity contribution in [2.75, 3.05) is 5.73 Å². The van der Waals surface area contributed by atoms with E-state index in [9.17, 15) is 0 Å². The number of aromatic nitrogens is 5. The van der Waals surface area contributed by atoms with Gasteiger partial charge in [0.15, 0.2) is 5.82 Å². The molecular weight excluding hydrogens is 216 g/mol. The molecule has 17 heavy (non-hydrogen) atoms. The van der Waals surface area contributed by atoms with E-state index in [0.29, 0.717) is 17.5 Å². The van der Waals surface area contributed by atoms with Crippen molar-refractivity contribution in [3.8, 4) is 5.82 Å². The first-order valence-corrected chi connectivity index (χ1v) is 5.39. The minimum atomic E-state index is -0.156. The summed E-state index contributed by atoms with van der Waals surface area (Å²) in [5, 5.41) is 4.07. The van der Waals surface area contributed by atoms with E-state index in [-0.39, 0.29) is 5.41 Å². The van der Waals surface area contributed by atoms with Gasteiger partial charge in [0, 0.05) is 11.0 Å². The molecule has 0 atom stereocenters. The smallest absolute Gasteiger partial charge is 0.163 e. The summed E-state index contributed by atoms with van der Waals surface area (Å²) < 4.78 is 1.60. The maximum Gasteiger partial charge on any atom is 0.163 e. The second-order valence-corrected chi connectivity index (χ2v) is 4.97. The molecule has 2 aromatic heterocycles. The largest absolute Gasteiger partial charge is 0.383 e. The second-order valence-electron chi connectivity index (χ2n) is 4.97. The molecule has 0 bridgehead atoms. The van der Waals surface area contributed by atoms with Crippen molar-refractivity contribution in [3.05, 3.63) is 24.0 Å². The summed E-state index contributed by atoms with van der Waals surface area (Å²) in [6.07, 6.45) is 3.07. The van der Waals surface area contributed by atoms with E-state index >= 15 is 0 Å². The van der Waals surface area contributed by atoms with E-state index in [2.05, 4.69) is 20.1 Å². The molecule has 0 aromatic carbocycles. The first kappa shape index (κ1) is 11.5. The molecule has 0 saturated carbocycles. The minimum absolute atomic E-state index is 0.156. The average molecular weight is 232 g/mol. The third kappa shape index (κ3) is 2.11. The number of nitrogens with zero attached hydrogens (tertiary/aromatic N) is 5. The first-order chi connectivity index (χ1) is 7.89. The van der Waals surface area contributed by atoms with Crippen molar-refractivity contribution in [1.29, 1.82) is 0 Å². The molecule has 2 N–H and O–H groups in total. The predicted octanol–water partition coefficient (Wildman–Crippen LogP) is 1.25. The Morgan fingerprint density at radius 1 is 1.24 bits per heavy atom. The molecule has 0 aliphatic rings. The summed E-state index contributed by atoms with van der Waals surface area (Å²) >= 11 is 0. The molecule has 0 unspecified atom stereocenters. The normalized spacial score (nSPS) is 11.8. The van der Waals surface area contributed by atoms with Crippen molar-refractivity contribution in [2.45, 2.75) is 33.1 Å². The molecule has 2 aromatic rings. The summed E-state index contributed by atoms with van der Waals surface area (Å²) in [5.74, 6) is 1.86. The summed E-state index contributed by atoms with van der Waals surface area (Å²) in [7, 11) is 0. The Morgan fingerprint density at radius 3 is 2.47 bits per heavy atom. The van der Waals surface area contributed by atoms with Crippen LogP contribution in [0.5, 0.6) is 0 Å². The zero-order valence-electron chi connectivity index (χ0n) is 10.5. The lowest BCUT2D eigenvalue weighted by Crippen LogP contribution is -2.20. The van der Waals surface area contributed by atoms with Gasteiger partial charge in [-0.15, -0.1) is 0 Å². The van der Waals surface area contributed by atoms with E-state index in [1.165, 1.54) is 6.33 Å². The highest BCUT2D eigenvalue weighted by atomic mass is 15.3. The molecule has 0 spiro atoms. The van der Waals surface area contributed by atoms with Crippen LogP contribution in [0.4, 0.5) is 5.82 Å². The number of anilines is 1. The quantitative estimate of drug-likeness (QED) is 0.800. The Kier molecular flexibility index (Phi) is 2.57. The van der Waals surface area contributed by atoms with E-state index in [1.54, 1.807) is 11.0 Å². The molecular formula is C11H16N6. The Balaban J connectivity index is 2.64. The van der Waals surface area contributed by atoms with Gasteiger partial charge < -0.3 is 5.73 Å². The van der Waals surface area contributed by atoms with Crippen molar-refractivity contribution < 1.29 is 0 Å². The van der Waals surface area contributed by atoms with Crippen LogP contribution in [0.25, 0.3) is 5.82 Å². The van der Waals surface area contributed by atoms with Gasteiger partial charge in [0.25, 0.3) is 0 Å². The molecule has 0 aliphatic carbocycles. The molecule has 2 heterocycles. The van der Waals surface area contributed by atoms with Gasteiger partial charge >= 0.3 is 0 Å². The summed E-state index contributed by atoms with van der Waals surface area (Å²) in [6.45, 7) is 8.01. The Hall–Kier alpha value is -1.98. The maximum absolute atomic E-state index is 5.91. The van der Waals surface area contributed by atoms with E-state index < -0.39 is 0 Å². The molecule has 0 fully saturated rings. The highest BCUT2D eigenvalue weighted by Crippen LogP contribution is 2.23. The number of hydrogen-bond acceptors (Lipinski definition) is 5. The monoisotopic (exact) mass is 232 g/mol. The van der Waals surface area contributed by atoms with Gasteiger partial charge in [-0.1, -0.05) is 20.8 Å². The van der Waals surface area contributed by atoms with Gasteiger partial charge in [0.1, 0.15) is 24.3 Å². The molecule has 6 heteroatoms. The van der Waals surface area contributed by atoms with Gasteiger partial charge in [-0.05, 0) is 6.92 Å². The maximum atomic E-state index is 5.91. The third-order valence-electron chi connectivity index (χ3n) is 2.46. The lowest BCUT2D eigenvalue weighted by molar-refractivity contribution is 0.542. The lowest BCUT2D eigenvalue weighted by Gasteiger charge is -2.19. The topological polar surface area (TPSA) is 82.5 Å². The molecule has 2 rings (SSSR count). The molecule has 6 nitrogen and oxygen atoms in total. The fraction of sp³-hybridized carbons (Fsp3) is 0.455. The highest BCUT2D eigenvalue weighted by molar-refractivity contribution is 5.48. The second kappa shape index (κ2) is 3.80. The fourth-order valence-electron chi connectivity index (χ4n) is 1.40. The standard InChI is InChI=1S/C11H16N6/c1-7-8(12)15-10(11(2,3)4)16-9(7)17-6-13-5-14-17/h5-6H,1-4H3,(H2,12,15,16). The van der Waals surface area contributed by atoms with Crippen molar-refractivity contribution in [2.24, 2.45) is 0 Å². The lowest BCUT2D eigenvalue weighted by atomic mass is 9.95. The van der Waals surface area contributed by atoms with Gasteiger partial charge in [0.05, 0.1) is 0 Å². The highest BCUT2D eigenvalue weighted by Gasteiger charge is 2.21. The molecule has 0 aliphatic heterocycles. The van der Waals surface area contributed by atoms with Crippen LogP contribution in [0.1, 0.15) is 32.2 Å². The van der Waals surface area contributed by atoms with Gasteiger partial charge in [-0.3, -0.25) is 0 Å². The van der Waals surface area contributed by atoms with E-state index in [1.807, 2.05) is 27.7 Å². The minimum Gasteiger partial charge on any atom is -0.383 e. The number of nitrogen functional groups attached to an aromatic ring is 1. The number of hydrogen-bond donors (Lipinski definition) is 1. The van der Waals surface area contributed by atoms with E-state index in [0.717, 1.165) is 5.56 Å². The van der Waals surface area contributed by atoms with Crippen LogP contribution in [-0.2, 0) is 5.41 Å². The van der Waals surface area contributed by atoms with Crippen LogP contribution in [0, 0.1) is 6.92 Å². The number of rotatable bonds is 1. The zero-order chi connectivity index (χ0) is 12.6. The van der Waals surface area contributed by atoms with Gasteiger partial charge in [-0.2, -0.15) is 5.10 Å². The van der Waals surface area contributed by atoms with Crippen molar-refractivity contribution >= 4 is 5.82 Å². The Labute approximate surface area is 99.9 Å². The average Bonchev–Trinajstić information content (AvgIpc) is 2.73. The van der Waals surface area contributed by atoms with Crippen LogP contribution in [0.3, 0.4) is 0 Å². The van der Waals surface area contributed by atoms with Crippen LogP contribution in [-0.4, -0.2) is 24.7 Å². The van der Waals surface area contributed by atoms with Crippen LogP contribution >= 0.6 is 0 Å². The van der Waals surface area contributed by atoms with Crippen molar-refractivity contribution in [3.63, 3.8) is 0 Å².